The summed E-state index contributed by atoms with van der Waals surface area (Å²) in [7, 11) is 0. The number of fused-ring (bicyclic) bond motifs is 2. The molecule has 154 valence electrons. The minimum absolute atomic E-state index is 0.0166. The van der Waals surface area contributed by atoms with Gasteiger partial charge in [0.05, 0.1) is 16.9 Å². The van der Waals surface area contributed by atoms with Gasteiger partial charge in [-0.25, -0.2) is 14.2 Å². The molecule has 3 aromatic heterocycles. The predicted molar refractivity (Wildman–Crippen MR) is 121 cm³/mol. The van der Waals surface area contributed by atoms with Crippen molar-refractivity contribution in [3.05, 3.63) is 89.6 Å². The fourth-order valence-electron chi connectivity index (χ4n) is 3.68. The number of urea groups is 1. The number of aromatic nitrogens is 3. The van der Waals surface area contributed by atoms with E-state index in [0.29, 0.717) is 17.3 Å². The largest absolute Gasteiger partial charge is 0.346 e. The third-order valence-corrected chi connectivity index (χ3v) is 5.36. The zero-order valence-corrected chi connectivity index (χ0v) is 16.9. The minimum Gasteiger partial charge on any atom is -0.346 e. The number of carbonyl (C=O) groups is 1. The van der Waals surface area contributed by atoms with Crippen LogP contribution in [-0.4, -0.2) is 20.6 Å². The molecule has 0 unspecified atom stereocenters. The Kier molecular flexibility index (Phi) is 4.80. The van der Waals surface area contributed by atoms with Crippen LogP contribution in [0.15, 0.2) is 73.2 Å². The third kappa shape index (κ3) is 3.71. The van der Waals surface area contributed by atoms with Gasteiger partial charge in [-0.2, -0.15) is 0 Å². The Balaban J connectivity index is 1.41. The molecule has 0 aliphatic rings. The maximum absolute atomic E-state index is 13.9. The number of hydrogen-bond acceptors (Lipinski definition) is 2. The van der Waals surface area contributed by atoms with Crippen molar-refractivity contribution in [3.63, 3.8) is 0 Å². The predicted octanol–water partition coefficient (Wildman–Crippen LogP) is 6.00. The van der Waals surface area contributed by atoms with Gasteiger partial charge in [-0.15, -0.1) is 0 Å². The summed E-state index contributed by atoms with van der Waals surface area (Å²) in [6, 6.07) is 15.1. The van der Waals surface area contributed by atoms with Crippen LogP contribution in [0.1, 0.15) is 5.56 Å². The molecule has 0 atom stereocenters. The van der Waals surface area contributed by atoms with Crippen LogP contribution in [-0.2, 0) is 6.54 Å². The van der Waals surface area contributed by atoms with E-state index in [1.54, 1.807) is 12.3 Å². The molecule has 0 saturated heterocycles. The summed E-state index contributed by atoms with van der Waals surface area (Å²) in [6.07, 6.45) is 5.63. The van der Waals surface area contributed by atoms with Crippen molar-refractivity contribution in [3.8, 4) is 0 Å². The Hall–Kier alpha value is -3.84. The smallest absolute Gasteiger partial charge is 0.323 e. The van der Waals surface area contributed by atoms with E-state index in [0.717, 1.165) is 27.5 Å². The third-order valence-electron chi connectivity index (χ3n) is 5.13. The van der Waals surface area contributed by atoms with E-state index in [1.165, 1.54) is 18.2 Å². The van der Waals surface area contributed by atoms with Gasteiger partial charge in [0.15, 0.2) is 0 Å². The number of anilines is 2. The van der Waals surface area contributed by atoms with Crippen LogP contribution in [0.3, 0.4) is 0 Å². The first-order valence-electron chi connectivity index (χ1n) is 9.60. The zero-order chi connectivity index (χ0) is 21.4. The highest BCUT2D eigenvalue weighted by Gasteiger charge is 2.12. The summed E-state index contributed by atoms with van der Waals surface area (Å²) in [5.41, 5.74) is 3.59. The standard InChI is InChI=1S/C23H17ClFN5O/c24-15-4-5-18(25)20(12-15)29-23(31)28-19-2-1-3-21-17(19)8-11-30(21)13-14-6-9-26-22-16(14)7-10-27-22/h1-12H,13H2,(H,26,27)(H2,28,29,31). The Morgan fingerprint density at radius 3 is 2.84 bits per heavy atom. The minimum atomic E-state index is -0.558. The van der Waals surface area contributed by atoms with E-state index >= 15 is 0 Å². The van der Waals surface area contributed by atoms with E-state index in [2.05, 4.69) is 25.2 Å². The molecule has 0 saturated carbocycles. The first-order chi connectivity index (χ1) is 15.1. The molecule has 6 nitrogen and oxygen atoms in total. The van der Waals surface area contributed by atoms with Gasteiger partial charge in [-0.3, -0.25) is 0 Å². The highest BCUT2D eigenvalue weighted by Crippen LogP contribution is 2.27. The van der Waals surface area contributed by atoms with Crippen LogP contribution in [0.2, 0.25) is 5.02 Å². The average molecular weight is 434 g/mol. The summed E-state index contributed by atoms with van der Waals surface area (Å²) < 4.78 is 16.0. The number of hydrogen-bond donors (Lipinski definition) is 3. The lowest BCUT2D eigenvalue weighted by atomic mass is 10.2. The van der Waals surface area contributed by atoms with Crippen LogP contribution < -0.4 is 10.6 Å². The van der Waals surface area contributed by atoms with Crippen LogP contribution in [0.4, 0.5) is 20.6 Å². The van der Waals surface area contributed by atoms with Gasteiger partial charge in [-0.1, -0.05) is 17.7 Å². The topological polar surface area (TPSA) is 74.7 Å². The summed E-state index contributed by atoms with van der Waals surface area (Å²) in [4.78, 5) is 19.9. The number of nitrogens with one attached hydrogen (secondary N) is 3. The SMILES string of the molecule is O=C(Nc1cc(Cl)ccc1F)Nc1cccc2c1ccn2Cc1ccnc2[nH]ccc12. The molecular formula is C23H17ClFN5O. The Morgan fingerprint density at radius 2 is 1.94 bits per heavy atom. The first-order valence-corrected chi connectivity index (χ1v) is 9.98. The van der Waals surface area contributed by atoms with Gasteiger partial charge in [0.25, 0.3) is 0 Å². The monoisotopic (exact) mass is 433 g/mol. The van der Waals surface area contributed by atoms with E-state index in [9.17, 15) is 9.18 Å². The summed E-state index contributed by atoms with van der Waals surface area (Å²) in [6.45, 7) is 0.656. The van der Waals surface area contributed by atoms with Crippen molar-refractivity contribution < 1.29 is 9.18 Å². The molecule has 3 N–H and O–H groups in total. The van der Waals surface area contributed by atoms with E-state index in [4.69, 9.17) is 11.6 Å². The van der Waals surface area contributed by atoms with Crippen LogP contribution in [0, 0.1) is 5.82 Å². The molecule has 2 aromatic carbocycles. The van der Waals surface area contributed by atoms with E-state index < -0.39 is 11.8 Å². The summed E-state index contributed by atoms with van der Waals surface area (Å²) >= 11 is 5.89. The summed E-state index contributed by atoms with van der Waals surface area (Å²) in [5, 5.41) is 7.58. The van der Waals surface area contributed by atoms with E-state index in [-0.39, 0.29) is 5.69 Å². The van der Waals surface area contributed by atoms with Crippen molar-refractivity contribution in [1.82, 2.24) is 14.5 Å². The highest BCUT2D eigenvalue weighted by molar-refractivity contribution is 6.31. The Bertz CT molecular complexity index is 1420. The second kappa shape index (κ2) is 7.77. The number of halogens is 2. The van der Waals surface area contributed by atoms with Gasteiger partial charge in [0.2, 0.25) is 0 Å². The van der Waals surface area contributed by atoms with Crippen molar-refractivity contribution in [2.24, 2.45) is 0 Å². The number of benzene rings is 2. The lowest BCUT2D eigenvalue weighted by molar-refractivity contribution is 0.262. The van der Waals surface area contributed by atoms with Gasteiger partial charge >= 0.3 is 6.03 Å². The molecule has 31 heavy (non-hydrogen) atoms. The number of amides is 2. The molecule has 0 aliphatic heterocycles. The van der Waals surface area contributed by atoms with Gasteiger partial charge in [0.1, 0.15) is 11.5 Å². The maximum Gasteiger partial charge on any atom is 0.323 e. The fraction of sp³-hybridized carbons (Fsp3) is 0.0435. The number of pyridine rings is 1. The number of rotatable bonds is 4. The molecule has 0 aliphatic carbocycles. The second-order valence-electron chi connectivity index (χ2n) is 7.10. The molecule has 0 spiro atoms. The molecular weight excluding hydrogens is 417 g/mol. The fourth-order valence-corrected chi connectivity index (χ4v) is 3.85. The number of aromatic amines is 1. The number of H-pyrrole nitrogens is 1. The molecule has 0 radical (unpaired) electrons. The van der Waals surface area contributed by atoms with Crippen molar-refractivity contribution >= 4 is 50.9 Å². The molecule has 5 rings (SSSR count). The number of carbonyl (C=O) groups excluding carboxylic acids is 1. The number of nitrogens with zero attached hydrogens (tertiary/aromatic N) is 2. The van der Waals surface area contributed by atoms with Gasteiger partial charge in [-0.05, 0) is 54.1 Å². The Morgan fingerprint density at radius 1 is 1.06 bits per heavy atom. The quantitative estimate of drug-likeness (QED) is 0.325. The molecule has 0 fully saturated rings. The van der Waals surface area contributed by atoms with Crippen molar-refractivity contribution in [2.45, 2.75) is 6.54 Å². The molecule has 5 aromatic rings. The van der Waals surface area contributed by atoms with Gasteiger partial charge in [0, 0.05) is 40.9 Å². The maximum atomic E-state index is 13.9. The molecule has 3 heterocycles. The second-order valence-corrected chi connectivity index (χ2v) is 7.53. The normalized spacial score (nSPS) is 11.2. The van der Waals surface area contributed by atoms with Crippen LogP contribution >= 0.6 is 11.6 Å². The lowest BCUT2D eigenvalue weighted by Gasteiger charge is -2.11. The van der Waals surface area contributed by atoms with Crippen molar-refractivity contribution in [2.75, 3.05) is 10.6 Å². The average Bonchev–Trinajstić information content (AvgIpc) is 3.39. The molecule has 2 amide bonds. The van der Waals surface area contributed by atoms with Gasteiger partial charge < -0.3 is 20.2 Å². The molecule has 8 heteroatoms. The zero-order valence-electron chi connectivity index (χ0n) is 16.2. The molecule has 0 bridgehead atoms. The lowest BCUT2D eigenvalue weighted by Crippen LogP contribution is -2.20. The van der Waals surface area contributed by atoms with Crippen molar-refractivity contribution in [1.29, 1.82) is 0 Å². The Labute approximate surface area is 181 Å². The van der Waals surface area contributed by atoms with Crippen LogP contribution in [0.25, 0.3) is 21.9 Å². The summed E-state index contributed by atoms with van der Waals surface area (Å²) in [5.74, 6) is -0.558. The van der Waals surface area contributed by atoms with Crippen LogP contribution in [0.5, 0.6) is 0 Å². The van der Waals surface area contributed by atoms with E-state index in [1.807, 2.05) is 42.7 Å². The first kappa shape index (κ1) is 19.1. The highest BCUT2D eigenvalue weighted by atomic mass is 35.5.